The van der Waals surface area contributed by atoms with Gasteiger partial charge in [0.05, 0.1) is 6.21 Å². The van der Waals surface area contributed by atoms with E-state index in [4.69, 9.17) is 4.74 Å². The zero-order valence-electron chi connectivity index (χ0n) is 15.7. The van der Waals surface area contributed by atoms with Crippen molar-refractivity contribution in [3.05, 3.63) is 82.9 Å². The Morgan fingerprint density at radius 2 is 1.76 bits per heavy atom. The summed E-state index contributed by atoms with van der Waals surface area (Å²) in [5, 5.41) is 32.1. The third-order valence-electron chi connectivity index (χ3n) is 4.23. The Labute approximate surface area is 167 Å². The molecule has 3 rings (SSSR count). The molecule has 0 bridgehead atoms. The molecule has 0 saturated carbocycles. The van der Waals surface area contributed by atoms with Crippen molar-refractivity contribution < 1.29 is 24.9 Å². The zero-order chi connectivity index (χ0) is 20.8. The van der Waals surface area contributed by atoms with E-state index in [0.717, 1.165) is 23.3 Å². The van der Waals surface area contributed by atoms with Gasteiger partial charge in [-0.15, -0.1) is 0 Å². The molecule has 0 radical (unpaired) electrons. The molecule has 0 aliphatic heterocycles. The van der Waals surface area contributed by atoms with Gasteiger partial charge in [-0.3, -0.25) is 4.79 Å². The molecule has 0 fully saturated rings. The molecule has 1 amide bonds. The van der Waals surface area contributed by atoms with Crippen molar-refractivity contribution in [2.75, 3.05) is 0 Å². The minimum atomic E-state index is -0.687. The van der Waals surface area contributed by atoms with Crippen LogP contribution < -0.4 is 10.2 Å². The van der Waals surface area contributed by atoms with Gasteiger partial charge in [-0.05, 0) is 47.9 Å². The topological polar surface area (TPSA) is 111 Å². The van der Waals surface area contributed by atoms with Crippen LogP contribution in [0.5, 0.6) is 23.0 Å². The molecule has 0 aromatic heterocycles. The van der Waals surface area contributed by atoms with Crippen LogP contribution in [0, 0.1) is 6.92 Å². The number of phenols is 3. The van der Waals surface area contributed by atoms with Crippen LogP contribution in [0.25, 0.3) is 0 Å². The number of amides is 1. The molecule has 0 atom stereocenters. The number of rotatable bonds is 6. The largest absolute Gasteiger partial charge is 0.504 e. The van der Waals surface area contributed by atoms with Crippen molar-refractivity contribution in [3.8, 4) is 23.0 Å². The first kappa shape index (κ1) is 19.8. The van der Waals surface area contributed by atoms with Gasteiger partial charge in [0, 0.05) is 5.56 Å². The summed E-state index contributed by atoms with van der Waals surface area (Å²) < 4.78 is 5.82. The van der Waals surface area contributed by atoms with Crippen LogP contribution in [0.2, 0.25) is 0 Å². The number of aromatic hydroxyl groups is 3. The summed E-state index contributed by atoms with van der Waals surface area (Å²) in [5.74, 6) is -1.88. The SMILES string of the molecule is Cc1ccccc1COc1cccc(/C=N/NC(=O)c2cc(O)c(O)c(O)c2)c1. The summed E-state index contributed by atoms with van der Waals surface area (Å²) in [6.45, 7) is 2.47. The van der Waals surface area contributed by atoms with E-state index in [1.807, 2.05) is 43.3 Å². The lowest BCUT2D eigenvalue weighted by Gasteiger charge is -2.09. The van der Waals surface area contributed by atoms with Gasteiger partial charge in [-0.2, -0.15) is 5.10 Å². The van der Waals surface area contributed by atoms with E-state index in [2.05, 4.69) is 10.5 Å². The maximum Gasteiger partial charge on any atom is 0.271 e. The molecular formula is C22H20N2O5. The molecule has 7 nitrogen and oxygen atoms in total. The molecule has 3 aromatic carbocycles. The number of hydrogen-bond donors (Lipinski definition) is 4. The average molecular weight is 392 g/mol. The van der Waals surface area contributed by atoms with E-state index >= 15 is 0 Å². The molecule has 148 valence electrons. The van der Waals surface area contributed by atoms with Crippen LogP contribution in [-0.4, -0.2) is 27.4 Å². The van der Waals surface area contributed by atoms with Crippen molar-refractivity contribution in [2.24, 2.45) is 5.10 Å². The predicted octanol–water partition coefficient (Wildman–Crippen LogP) is 3.45. The number of ether oxygens (including phenoxy) is 1. The molecule has 0 aliphatic rings. The monoisotopic (exact) mass is 392 g/mol. The van der Waals surface area contributed by atoms with Gasteiger partial charge in [-0.1, -0.05) is 36.4 Å². The Hall–Kier alpha value is -4.00. The second-order valence-electron chi connectivity index (χ2n) is 6.35. The number of carbonyl (C=O) groups excluding carboxylic acids is 1. The van der Waals surface area contributed by atoms with E-state index in [9.17, 15) is 20.1 Å². The lowest BCUT2D eigenvalue weighted by molar-refractivity contribution is 0.0954. The quantitative estimate of drug-likeness (QED) is 0.292. The molecule has 0 unspecified atom stereocenters. The third kappa shape index (κ3) is 5.04. The van der Waals surface area contributed by atoms with Gasteiger partial charge in [-0.25, -0.2) is 5.43 Å². The lowest BCUT2D eigenvalue weighted by atomic mass is 10.1. The van der Waals surface area contributed by atoms with Crippen LogP contribution in [0.3, 0.4) is 0 Å². The summed E-state index contributed by atoms with van der Waals surface area (Å²) in [7, 11) is 0. The van der Waals surface area contributed by atoms with Gasteiger partial charge in [0.15, 0.2) is 17.2 Å². The standard InChI is InChI=1S/C22H20N2O5/c1-14-5-2-3-7-16(14)13-29-18-8-4-6-15(9-18)12-23-24-22(28)17-10-19(25)21(27)20(26)11-17/h2-12,25-27H,13H2,1H3,(H,24,28)/b23-12+. The normalized spacial score (nSPS) is 10.8. The summed E-state index contributed by atoms with van der Waals surface area (Å²) in [5.41, 5.74) is 5.20. The Morgan fingerprint density at radius 1 is 1.03 bits per heavy atom. The number of aryl methyl sites for hydroxylation is 1. The Kier molecular flexibility index (Phi) is 5.99. The number of hydrogen-bond acceptors (Lipinski definition) is 6. The van der Waals surface area contributed by atoms with Crippen molar-refractivity contribution >= 4 is 12.1 Å². The van der Waals surface area contributed by atoms with Crippen molar-refractivity contribution in [2.45, 2.75) is 13.5 Å². The number of nitrogens with one attached hydrogen (secondary N) is 1. The Morgan fingerprint density at radius 3 is 2.48 bits per heavy atom. The number of nitrogens with zero attached hydrogens (tertiary/aromatic N) is 1. The average Bonchev–Trinajstić information content (AvgIpc) is 2.71. The van der Waals surface area contributed by atoms with Crippen LogP contribution in [0.15, 0.2) is 65.8 Å². The van der Waals surface area contributed by atoms with Gasteiger partial charge in [0.25, 0.3) is 5.91 Å². The highest BCUT2D eigenvalue weighted by Crippen LogP contribution is 2.35. The molecule has 4 N–H and O–H groups in total. The molecule has 0 heterocycles. The summed E-state index contributed by atoms with van der Waals surface area (Å²) in [6.07, 6.45) is 1.44. The summed E-state index contributed by atoms with van der Waals surface area (Å²) in [4.78, 5) is 12.1. The summed E-state index contributed by atoms with van der Waals surface area (Å²) >= 11 is 0. The van der Waals surface area contributed by atoms with Gasteiger partial charge >= 0.3 is 0 Å². The zero-order valence-corrected chi connectivity index (χ0v) is 15.7. The van der Waals surface area contributed by atoms with Crippen molar-refractivity contribution in [1.82, 2.24) is 5.43 Å². The fourth-order valence-corrected chi connectivity index (χ4v) is 2.58. The number of hydrazone groups is 1. The van der Waals surface area contributed by atoms with E-state index in [0.29, 0.717) is 17.9 Å². The maximum absolute atomic E-state index is 12.1. The molecule has 29 heavy (non-hydrogen) atoms. The van der Waals surface area contributed by atoms with Crippen LogP contribution in [0.4, 0.5) is 0 Å². The first-order valence-corrected chi connectivity index (χ1v) is 8.80. The minimum absolute atomic E-state index is 0.0507. The fourth-order valence-electron chi connectivity index (χ4n) is 2.58. The number of carbonyl (C=O) groups is 1. The van der Waals surface area contributed by atoms with E-state index in [1.54, 1.807) is 12.1 Å². The van der Waals surface area contributed by atoms with Gasteiger partial charge < -0.3 is 20.1 Å². The van der Waals surface area contributed by atoms with Gasteiger partial charge in [0.2, 0.25) is 0 Å². The smallest absolute Gasteiger partial charge is 0.271 e. The van der Waals surface area contributed by atoms with Crippen LogP contribution >= 0.6 is 0 Å². The Balaban J connectivity index is 1.62. The third-order valence-corrected chi connectivity index (χ3v) is 4.23. The van der Waals surface area contributed by atoms with Crippen molar-refractivity contribution in [3.63, 3.8) is 0 Å². The molecule has 0 spiro atoms. The summed E-state index contributed by atoms with van der Waals surface area (Å²) in [6, 6.07) is 17.3. The maximum atomic E-state index is 12.1. The van der Waals surface area contributed by atoms with Gasteiger partial charge in [0.1, 0.15) is 12.4 Å². The first-order valence-electron chi connectivity index (χ1n) is 8.80. The molecular weight excluding hydrogens is 372 g/mol. The fraction of sp³-hybridized carbons (Fsp3) is 0.0909. The molecule has 0 aliphatic carbocycles. The van der Waals surface area contributed by atoms with E-state index in [1.165, 1.54) is 6.21 Å². The highest BCUT2D eigenvalue weighted by molar-refractivity contribution is 5.96. The molecule has 3 aromatic rings. The second kappa shape index (κ2) is 8.79. The number of benzene rings is 3. The van der Waals surface area contributed by atoms with Crippen molar-refractivity contribution in [1.29, 1.82) is 0 Å². The highest BCUT2D eigenvalue weighted by Gasteiger charge is 2.12. The van der Waals surface area contributed by atoms with E-state index in [-0.39, 0.29) is 5.56 Å². The minimum Gasteiger partial charge on any atom is -0.504 e. The van der Waals surface area contributed by atoms with Crippen LogP contribution in [-0.2, 0) is 6.61 Å². The number of phenolic OH excluding ortho intramolecular Hbond substituents is 3. The first-order chi connectivity index (χ1) is 13.9. The Bertz CT molecular complexity index is 1040. The second-order valence-corrected chi connectivity index (χ2v) is 6.35. The highest BCUT2D eigenvalue weighted by atomic mass is 16.5. The predicted molar refractivity (Wildman–Crippen MR) is 108 cm³/mol. The molecule has 7 heteroatoms. The molecule has 0 saturated heterocycles. The lowest BCUT2D eigenvalue weighted by Crippen LogP contribution is -2.17. The van der Waals surface area contributed by atoms with E-state index < -0.39 is 23.2 Å². The van der Waals surface area contributed by atoms with Crippen LogP contribution in [0.1, 0.15) is 27.0 Å².